The maximum absolute atomic E-state index is 12.4. The highest BCUT2D eigenvalue weighted by Gasteiger charge is 2.24. The van der Waals surface area contributed by atoms with E-state index in [1.54, 1.807) is 36.4 Å². The molecule has 0 spiro atoms. The third kappa shape index (κ3) is 10.5. The summed E-state index contributed by atoms with van der Waals surface area (Å²) in [4.78, 5) is 49.5. The van der Waals surface area contributed by atoms with Crippen LogP contribution in [0, 0.1) is 11.8 Å². The normalized spacial score (nSPS) is 14.1. The van der Waals surface area contributed by atoms with Crippen molar-refractivity contribution in [2.24, 2.45) is 23.3 Å². The molecule has 10 nitrogen and oxygen atoms in total. The number of ether oxygens (including phenoxy) is 4. The van der Waals surface area contributed by atoms with Crippen molar-refractivity contribution in [3.05, 3.63) is 59.7 Å². The summed E-state index contributed by atoms with van der Waals surface area (Å²) in [5, 5.41) is 0. The molecule has 2 aromatic rings. The zero-order chi connectivity index (χ0) is 32.1. The number of hydrogen-bond acceptors (Lipinski definition) is 10. The van der Waals surface area contributed by atoms with E-state index in [0.717, 1.165) is 12.8 Å². The molecule has 0 aromatic heterocycles. The van der Waals surface area contributed by atoms with Gasteiger partial charge in [0.1, 0.15) is 12.1 Å². The largest absolute Gasteiger partial charge is 0.493 e. The molecule has 0 saturated carbocycles. The van der Waals surface area contributed by atoms with Crippen molar-refractivity contribution in [3.63, 3.8) is 0 Å². The van der Waals surface area contributed by atoms with E-state index in [9.17, 15) is 19.2 Å². The van der Waals surface area contributed by atoms with E-state index in [1.165, 1.54) is 38.5 Å². The minimum atomic E-state index is -0.761. The fourth-order valence-corrected chi connectivity index (χ4v) is 3.74. The van der Waals surface area contributed by atoms with Crippen molar-refractivity contribution in [2.75, 3.05) is 14.2 Å². The third-order valence-corrected chi connectivity index (χ3v) is 7.13. The molecule has 0 bridgehead atoms. The van der Waals surface area contributed by atoms with E-state index in [1.807, 2.05) is 27.7 Å². The van der Waals surface area contributed by atoms with Crippen LogP contribution >= 0.6 is 0 Å². The average molecular weight is 595 g/mol. The molecular weight excluding hydrogens is 552 g/mol. The first-order valence-corrected chi connectivity index (χ1v) is 14.2. The van der Waals surface area contributed by atoms with Crippen molar-refractivity contribution in [2.45, 2.75) is 59.0 Å². The smallest absolute Gasteiger partial charge is 0.328 e. The van der Waals surface area contributed by atoms with Crippen LogP contribution in [0.1, 0.15) is 58.1 Å². The predicted molar refractivity (Wildman–Crippen MR) is 165 cm³/mol. The van der Waals surface area contributed by atoms with Crippen molar-refractivity contribution in [1.82, 2.24) is 0 Å². The lowest BCUT2D eigenvalue weighted by Gasteiger charge is -2.17. The number of nitrogens with two attached hydrogens (primary N) is 2. The second-order valence-corrected chi connectivity index (χ2v) is 10.3. The average Bonchev–Trinajstić information content (AvgIpc) is 3.01. The molecule has 2 rings (SSSR count). The number of benzene rings is 2. The number of methoxy groups -OCH3 is 2. The molecule has 232 valence electrons. The van der Waals surface area contributed by atoms with Gasteiger partial charge in [0, 0.05) is 0 Å². The Labute approximate surface area is 253 Å². The van der Waals surface area contributed by atoms with E-state index >= 15 is 0 Å². The number of carbonyl (C=O) groups excluding carboxylic acids is 4. The molecule has 0 aliphatic rings. The number of hydrogen-bond donors (Lipinski definition) is 2. The highest BCUT2D eigenvalue weighted by Crippen LogP contribution is 2.30. The number of carbonyl (C=O) groups is 4. The molecule has 0 fully saturated rings. The van der Waals surface area contributed by atoms with Gasteiger partial charge in [-0.3, -0.25) is 9.59 Å². The Hall–Kier alpha value is -4.28. The number of allylic oxidation sites excluding steroid dienone is 2. The lowest BCUT2D eigenvalue weighted by Crippen LogP contribution is -2.39. The summed E-state index contributed by atoms with van der Waals surface area (Å²) in [7, 11) is 2.87. The highest BCUT2D eigenvalue weighted by molar-refractivity contribution is 6.10. The van der Waals surface area contributed by atoms with Gasteiger partial charge >= 0.3 is 11.9 Å². The predicted octanol–water partition coefficient (Wildman–Crippen LogP) is 4.52. The molecule has 4 atom stereocenters. The molecule has 0 aliphatic heterocycles. The zero-order valence-electron chi connectivity index (χ0n) is 25.6. The topological polar surface area (TPSA) is 157 Å². The fraction of sp³-hybridized carbons (Fsp3) is 0.394. The van der Waals surface area contributed by atoms with E-state index in [-0.39, 0.29) is 29.8 Å². The summed E-state index contributed by atoms with van der Waals surface area (Å²) >= 11 is 0. The summed E-state index contributed by atoms with van der Waals surface area (Å²) in [6.45, 7) is 7.62. The second-order valence-electron chi connectivity index (χ2n) is 10.3. The van der Waals surface area contributed by atoms with Crippen LogP contribution in [0.2, 0.25) is 0 Å². The van der Waals surface area contributed by atoms with Crippen LogP contribution in [0.4, 0.5) is 0 Å². The maximum atomic E-state index is 12.4. The molecule has 2 aromatic carbocycles. The Morgan fingerprint density at radius 1 is 0.674 bits per heavy atom. The lowest BCUT2D eigenvalue weighted by molar-refractivity contribution is -0.138. The molecule has 0 unspecified atom stereocenters. The Balaban J connectivity index is 2.00. The van der Waals surface area contributed by atoms with Gasteiger partial charge in [-0.15, -0.1) is 0 Å². The van der Waals surface area contributed by atoms with Crippen LogP contribution in [-0.2, 0) is 19.2 Å². The Morgan fingerprint density at radius 2 is 1.05 bits per heavy atom. The molecule has 0 saturated heterocycles. The minimum absolute atomic E-state index is 0.0386. The van der Waals surface area contributed by atoms with Crippen molar-refractivity contribution >= 4 is 35.7 Å². The summed E-state index contributed by atoms with van der Waals surface area (Å²) in [5.74, 6) is -0.968. The van der Waals surface area contributed by atoms with E-state index in [2.05, 4.69) is 0 Å². The summed E-state index contributed by atoms with van der Waals surface area (Å²) in [6, 6.07) is 8.10. The first kappa shape index (κ1) is 34.9. The summed E-state index contributed by atoms with van der Waals surface area (Å²) < 4.78 is 21.5. The molecule has 10 heteroatoms. The second kappa shape index (κ2) is 17.0. The van der Waals surface area contributed by atoms with E-state index in [0.29, 0.717) is 22.6 Å². The van der Waals surface area contributed by atoms with Crippen LogP contribution < -0.4 is 30.4 Å². The Kier molecular flexibility index (Phi) is 13.8. The van der Waals surface area contributed by atoms with Crippen LogP contribution in [0.5, 0.6) is 23.0 Å². The number of esters is 2. The van der Waals surface area contributed by atoms with Crippen molar-refractivity contribution in [1.29, 1.82) is 0 Å². The van der Waals surface area contributed by atoms with Gasteiger partial charge in [0.15, 0.2) is 34.6 Å². The molecule has 43 heavy (non-hydrogen) atoms. The van der Waals surface area contributed by atoms with Gasteiger partial charge < -0.3 is 30.4 Å². The summed E-state index contributed by atoms with van der Waals surface area (Å²) in [6.07, 6.45) is 6.79. The number of ketones is 2. The van der Waals surface area contributed by atoms with Gasteiger partial charge in [-0.05, 0) is 59.4 Å². The van der Waals surface area contributed by atoms with Gasteiger partial charge in [0.25, 0.3) is 0 Å². The summed E-state index contributed by atoms with van der Waals surface area (Å²) in [5.41, 5.74) is 13.1. The Bertz CT molecular complexity index is 1250. The van der Waals surface area contributed by atoms with Crippen LogP contribution in [0.15, 0.2) is 48.6 Å². The minimum Gasteiger partial charge on any atom is -0.493 e. The van der Waals surface area contributed by atoms with E-state index < -0.39 is 35.6 Å². The third-order valence-electron chi connectivity index (χ3n) is 7.13. The van der Waals surface area contributed by atoms with Crippen LogP contribution in [-0.4, -0.2) is 49.8 Å². The van der Waals surface area contributed by atoms with Crippen LogP contribution in [0.25, 0.3) is 12.2 Å². The van der Waals surface area contributed by atoms with Crippen molar-refractivity contribution in [3.8, 4) is 23.0 Å². The van der Waals surface area contributed by atoms with E-state index in [4.69, 9.17) is 30.4 Å². The highest BCUT2D eigenvalue weighted by atomic mass is 16.6. The van der Waals surface area contributed by atoms with Crippen LogP contribution in [0.3, 0.4) is 0 Å². The molecule has 0 aliphatic carbocycles. The molecule has 0 amide bonds. The molecular formula is C33H42N2O8. The first-order valence-electron chi connectivity index (χ1n) is 14.2. The van der Waals surface area contributed by atoms with Gasteiger partial charge in [0.05, 0.1) is 20.6 Å². The lowest BCUT2D eigenvalue weighted by atomic mass is 10.0. The maximum Gasteiger partial charge on any atom is 0.328 e. The zero-order valence-corrected chi connectivity index (χ0v) is 25.6. The number of rotatable bonds is 16. The van der Waals surface area contributed by atoms with Gasteiger partial charge in [-0.25, -0.2) is 9.59 Å². The standard InChI is InChI=1S/C33H42N2O8/c1-7-20(3)30(34)32(38)42-26-15-11-22(17-28(26)40-5)9-13-24(36)19-25(37)14-10-23-12-16-27(29(18-23)41-6)43-33(39)31(35)21(4)8-2/h9-18,20-21,30-31H,7-8,19,34-35H2,1-6H3/b13-9+,14-10+/t20-,21-,30-,31-/m0/s1. The van der Waals surface area contributed by atoms with Gasteiger partial charge in [-0.2, -0.15) is 0 Å². The SMILES string of the molecule is CC[C@H](C)[C@H](N)C(=O)Oc1ccc(/C=C/C(=O)CC(=O)/C=C/c2ccc(OC(=O)[C@@H](N)[C@@H](C)CC)c(OC)c2)cc1OC. The Morgan fingerprint density at radius 3 is 1.37 bits per heavy atom. The molecule has 0 heterocycles. The molecule has 0 radical (unpaired) electrons. The van der Waals surface area contributed by atoms with Gasteiger partial charge in [0.2, 0.25) is 0 Å². The van der Waals surface area contributed by atoms with Gasteiger partial charge in [-0.1, -0.05) is 64.8 Å². The molecule has 4 N–H and O–H groups in total. The van der Waals surface area contributed by atoms with Crippen molar-refractivity contribution < 1.29 is 38.1 Å². The monoisotopic (exact) mass is 594 g/mol. The quantitative estimate of drug-likeness (QED) is 0.123. The first-order chi connectivity index (χ1) is 20.4. The fourth-order valence-electron chi connectivity index (χ4n) is 3.74.